The maximum atomic E-state index is 6.08. The number of hydrogen-bond donors (Lipinski definition) is 1. The van der Waals surface area contributed by atoms with Gasteiger partial charge in [-0.25, -0.2) is 9.97 Å². The Hall–Kier alpha value is -3.84. The number of nitrogens with zero attached hydrogens (tertiary/aromatic N) is 2. The first kappa shape index (κ1) is 20.1. The lowest BCUT2D eigenvalue weighted by Crippen LogP contribution is -2.08. The van der Waals surface area contributed by atoms with E-state index in [1.165, 1.54) is 6.33 Å². The van der Waals surface area contributed by atoms with Gasteiger partial charge >= 0.3 is 0 Å². The van der Waals surface area contributed by atoms with Crippen molar-refractivity contribution in [3.05, 3.63) is 78.6 Å². The number of aromatic nitrogens is 2. The quantitative estimate of drug-likeness (QED) is 0.491. The van der Waals surface area contributed by atoms with Gasteiger partial charge in [0.2, 0.25) is 0 Å². The molecule has 0 bridgehead atoms. The minimum atomic E-state index is 0.453. The molecule has 3 aromatic carbocycles. The van der Waals surface area contributed by atoms with Crippen LogP contribution >= 0.6 is 0 Å². The first-order chi connectivity index (χ1) is 15.9. The predicted octanol–water partition coefficient (Wildman–Crippen LogP) is 4.74. The van der Waals surface area contributed by atoms with Crippen molar-refractivity contribution in [3.8, 4) is 17.2 Å². The Morgan fingerprint density at radius 3 is 2.41 bits per heavy atom. The highest BCUT2D eigenvalue weighted by atomic mass is 16.6. The molecule has 0 atom stereocenters. The van der Waals surface area contributed by atoms with Crippen LogP contribution in [0.5, 0.6) is 17.2 Å². The van der Waals surface area contributed by atoms with Crippen molar-refractivity contribution in [2.24, 2.45) is 0 Å². The van der Waals surface area contributed by atoms with Gasteiger partial charge in [-0.1, -0.05) is 42.5 Å². The first-order valence-electron chi connectivity index (χ1n) is 10.5. The summed E-state index contributed by atoms with van der Waals surface area (Å²) in [5, 5.41) is 4.23. The van der Waals surface area contributed by atoms with Gasteiger partial charge in [0.15, 0.2) is 11.5 Å². The molecule has 0 saturated carbocycles. The van der Waals surface area contributed by atoms with Crippen molar-refractivity contribution in [2.45, 2.75) is 6.61 Å². The molecule has 162 valence electrons. The molecule has 1 aliphatic heterocycles. The standard InChI is InChI=1S/C25H23N3O4/c1-2-6-18(7-3-1)16-32-22-9-5-4-8-20(22)28-25-19-14-23-24(15-21(19)26-17-27-25)31-13-11-29-10-12-30-23/h1-9,14-15,17H,10-13,16H2,(H,26,27,28). The fourth-order valence-corrected chi connectivity index (χ4v) is 3.47. The summed E-state index contributed by atoms with van der Waals surface area (Å²) < 4.78 is 23.2. The molecular weight excluding hydrogens is 406 g/mol. The third kappa shape index (κ3) is 4.58. The number of benzene rings is 3. The summed E-state index contributed by atoms with van der Waals surface area (Å²) in [7, 11) is 0. The van der Waals surface area contributed by atoms with Crippen LogP contribution in [-0.2, 0) is 11.3 Å². The molecule has 0 amide bonds. The summed E-state index contributed by atoms with van der Waals surface area (Å²) in [5.74, 6) is 2.70. The molecule has 1 N–H and O–H groups in total. The Morgan fingerprint density at radius 1 is 0.812 bits per heavy atom. The van der Waals surface area contributed by atoms with Crippen molar-refractivity contribution < 1.29 is 18.9 Å². The molecule has 32 heavy (non-hydrogen) atoms. The number of para-hydroxylation sites is 2. The van der Waals surface area contributed by atoms with Crippen LogP contribution in [0.3, 0.4) is 0 Å². The Balaban J connectivity index is 1.44. The van der Waals surface area contributed by atoms with E-state index in [0.29, 0.717) is 50.4 Å². The lowest BCUT2D eigenvalue weighted by atomic mass is 10.2. The van der Waals surface area contributed by atoms with Crippen LogP contribution in [0.25, 0.3) is 10.9 Å². The van der Waals surface area contributed by atoms with Crippen LogP contribution in [0.1, 0.15) is 5.56 Å². The first-order valence-corrected chi connectivity index (χ1v) is 10.5. The molecule has 1 aliphatic rings. The van der Waals surface area contributed by atoms with E-state index in [1.807, 2.05) is 66.7 Å². The Labute approximate surface area is 185 Å². The van der Waals surface area contributed by atoms with E-state index in [-0.39, 0.29) is 0 Å². The van der Waals surface area contributed by atoms with Gasteiger partial charge in [0.25, 0.3) is 0 Å². The molecule has 1 aromatic heterocycles. The highest BCUT2D eigenvalue weighted by Gasteiger charge is 2.15. The number of rotatable bonds is 5. The summed E-state index contributed by atoms with van der Waals surface area (Å²) in [5.41, 5.74) is 2.68. The van der Waals surface area contributed by atoms with E-state index >= 15 is 0 Å². The third-order valence-corrected chi connectivity index (χ3v) is 5.05. The van der Waals surface area contributed by atoms with E-state index in [9.17, 15) is 0 Å². The van der Waals surface area contributed by atoms with Gasteiger partial charge in [0, 0.05) is 11.5 Å². The van der Waals surface area contributed by atoms with Gasteiger partial charge in [-0.05, 0) is 23.8 Å². The van der Waals surface area contributed by atoms with Gasteiger partial charge in [0.1, 0.15) is 37.7 Å². The third-order valence-electron chi connectivity index (χ3n) is 5.05. The fourth-order valence-electron chi connectivity index (χ4n) is 3.47. The maximum Gasteiger partial charge on any atom is 0.163 e. The van der Waals surface area contributed by atoms with Crippen molar-refractivity contribution in [3.63, 3.8) is 0 Å². The lowest BCUT2D eigenvalue weighted by molar-refractivity contribution is 0.0877. The van der Waals surface area contributed by atoms with Crippen molar-refractivity contribution in [1.82, 2.24) is 9.97 Å². The van der Waals surface area contributed by atoms with Gasteiger partial charge in [-0.2, -0.15) is 0 Å². The van der Waals surface area contributed by atoms with Gasteiger partial charge < -0.3 is 24.3 Å². The lowest BCUT2D eigenvalue weighted by Gasteiger charge is -2.15. The Bertz CT molecular complexity index is 1200. The number of nitrogens with one attached hydrogen (secondary N) is 1. The molecule has 0 saturated heterocycles. The molecule has 4 aromatic rings. The molecular formula is C25H23N3O4. The molecule has 0 radical (unpaired) electrons. The van der Waals surface area contributed by atoms with Crippen LogP contribution in [-0.4, -0.2) is 36.4 Å². The van der Waals surface area contributed by atoms with E-state index in [0.717, 1.165) is 27.9 Å². The summed E-state index contributed by atoms with van der Waals surface area (Å²) in [6, 6.07) is 21.7. The van der Waals surface area contributed by atoms with E-state index in [2.05, 4.69) is 15.3 Å². The zero-order valence-corrected chi connectivity index (χ0v) is 17.5. The minimum absolute atomic E-state index is 0.453. The van der Waals surface area contributed by atoms with E-state index < -0.39 is 0 Å². The van der Waals surface area contributed by atoms with Crippen LogP contribution in [0.4, 0.5) is 11.5 Å². The van der Waals surface area contributed by atoms with Crippen molar-refractivity contribution in [2.75, 3.05) is 31.7 Å². The highest BCUT2D eigenvalue weighted by molar-refractivity contribution is 5.93. The molecule has 5 rings (SSSR count). The molecule has 2 heterocycles. The highest BCUT2D eigenvalue weighted by Crippen LogP contribution is 2.36. The summed E-state index contributed by atoms with van der Waals surface area (Å²) in [6.45, 7) is 2.43. The molecule has 7 nitrogen and oxygen atoms in total. The number of fused-ring (bicyclic) bond motifs is 2. The molecule has 0 unspecified atom stereocenters. The fraction of sp³-hybridized carbons (Fsp3) is 0.200. The van der Waals surface area contributed by atoms with Crippen LogP contribution in [0.2, 0.25) is 0 Å². The topological polar surface area (TPSA) is 74.7 Å². The van der Waals surface area contributed by atoms with Crippen molar-refractivity contribution in [1.29, 1.82) is 0 Å². The van der Waals surface area contributed by atoms with Crippen LogP contribution < -0.4 is 19.5 Å². The monoisotopic (exact) mass is 429 g/mol. The number of hydrogen-bond acceptors (Lipinski definition) is 7. The Morgan fingerprint density at radius 2 is 1.56 bits per heavy atom. The van der Waals surface area contributed by atoms with E-state index in [1.54, 1.807) is 0 Å². The zero-order chi connectivity index (χ0) is 21.6. The number of ether oxygens (including phenoxy) is 4. The van der Waals surface area contributed by atoms with Crippen molar-refractivity contribution >= 4 is 22.4 Å². The minimum Gasteiger partial charge on any atom is -0.487 e. The van der Waals surface area contributed by atoms with Crippen LogP contribution in [0.15, 0.2) is 73.1 Å². The second-order valence-corrected chi connectivity index (χ2v) is 7.24. The molecule has 0 aliphatic carbocycles. The molecule has 0 fully saturated rings. The molecule has 7 heteroatoms. The number of anilines is 2. The smallest absolute Gasteiger partial charge is 0.163 e. The van der Waals surface area contributed by atoms with Crippen LogP contribution in [0, 0.1) is 0 Å². The van der Waals surface area contributed by atoms with Gasteiger partial charge in [-0.3, -0.25) is 0 Å². The second-order valence-electron chi connectivity index (χ2n) is 7.24. The maximum absolute atomic E-state index is 6.08. The molecule has 0 spiro atoms. The zero-order valence-electron chi connectivity index (χ0n) is 17.5. The predicted molar refractivity (Wildman–Crippen MR) is 122 cm³/mol. The Kier molecular flexibility index (Phi) is 5.98. The average molecular weight is 429 g/mol. The second kappa shape index (κ2) is 9.53. The van der Waals surface area contributed by atoms with Gasteiger partial charge in [0.05, 0.1) is 24.4 Å². The SMILES string of the molecule is c1ccc(COc2ccccc2Nc2ncnc3cc4c(cc23)OCCOCCO4)cc1. The summed E-state index contributed by atoms with van der Waals surface area (Å²) >= 11 is 0. The van der Waals surface area contributed by atoms with E-state index in [4.69, 9.17) is 18.9 Å². The van der Waals surface area contributed by atoms with Gasteiger partial charge in [-0.15, -0.1) is 0 Å². The normalized spacial score (nSPS) is 13.6. The average Bonchev–Trinajstić information content (AvgIpc) is 2.95. The largest absolute Gasteiger partial charge is 0.487 e. The summed E-state index contributed by atoms with van der Waals surface area (Å²) in [6.07, 6.45) is 1.53. The summed E-state index contributed by atoms with van der Waals surface area (Å²) in [4.78, 5) is 8.89.